The van der Waals surface area contributed by atoms with Crippen LogP contribution in [-0.4, -0.2) is 23.5 Å². The summed E-state index contributed by atoms with van der Waals surface area (Å²) in [5.41, 5.74) is 0. The minimum Gasteiger partial charge on any atom is -0.478 e. The van der Waals surface area contributed by atoms with E-state index in [1.54, 1.807) is 0 Å². The third-order valence-electron chi connectivity index (χ3n) is 1.93. The largest absolute Gasteiger partial charge is 0.478 e. The highest BCUT2D eigenvalue weighted by Gasteiger charge is 1.98. The van der Waals surface area contributed by atoms with Crippen molar-refractivity contribution in [3.8, 4) is 0 Å². The van der Waals surface area contributed by atoms with E-state index in [-0.39, 0.29) is 5.91 Å². The second kappa shape index (κ2) is 9.24. The minimum atomic E-state index is -0.993. The molecule has 86 valence electrons. The normalized spacial score (nSPS) is 10.5. The van der Waals surface area contributed by atoms with Crippen LogP contribution in [0.4, 0.5) is 0 Å². The van der Waals surface area contributed by atoms with E-state index in [0.717, 1.165) is 31.8 Å². The lowest BCUT2D eigenvalue weighted by Crippen LogP contribution is -2.22. The molecule has 0 atom stereocenters. The first-order valence-electron chi connectivity index (χ1n) is 5.33. The summed E-state index contributed by atoms with van der Waals surface area (Å²) in [4.78, 5) is 21.2. The van der Waals surface area contributed by atoms with E-state index in [9.17, 15) is 9.59 Å². The molecule has 0 aliphatic carbocycles. The van der Waals surface area contributed by atoms with Crippen molar-refractivity contribution in [3.05, 3.63) is 12.2 Å². The van der Waals surface area contributed by atoms with Crippen molar-refractivity contribution in [2.24, 2.45) is 0 Å². The average molecular weight is 213 g/mol. The third-order valence-corrected chi connectivity index (χ3v) is 1.93. The molecular formula is C11H19NO3. The maximum absolute atomic E-state index is 11.2. The molecule has 0 saturated heterocycles. The number of carboxylic acid groups (broad SMARTS) is 1. The van der Waals surface area contributed by atoms with Crippen LogP contribution in [0.2, 0.25) is 0 Å². The Bertz CT molecular complexity index is 224. The lowest BCUT2D eigenvalue weighted by Gasteiger charge is -2.01. The number of nitrogens with one attached hydrogen (secondary N) is 1. The van der Waals surface area contributed by atoms with Crippen LogP contribution in [0.15, 0.2) is 12.2 Å². The lowest BCUT2D eigenvalue weighted by atomic mass is 10.1. The van der Waals surface area contributed by atoms with Gasteiger partial charge in [-0.05, 0) is 6.42 Å². The van der Waals surface area contributed by atoms with Crippen molar-refractivity contribution >= 4 is 11.9 Å². The van der Waals surface area contributed by atoms with Crippen LogP contribution in [0.3, 0.4) is 0 Å². The van der Waals surface area contributed by atoms with Gasteiger partial charge in [-0.25, -0.2) is 4.79 Å². The first-order chi connectivity index (χ1) is 7.16. The molecule has 0 aliphatic heterocycles. The Morgan fingerprint density at radius 3 is 2.60 bits per heavy atom. The third kappa shape index (κ3) is 10.6. The number of carbonyl (C=O) groups excluding carboxylic acids is 1. The van der Waals surface area contributed by atoms with Crippen molar-refractivity contribution in [1.82, 2.24) is 5.32 Å². The molecule has 2 N–H and O–H groups in total. The molecule has 4 nitrogen and oxygen atoms in total. The van der Waals surface area contributed by atoms with Crippen LogP contribution in [0.5, 0.6) is 0 Å². The highest BCUT2D eigenvalue weighted by molar-refractivity contribution is 5.80. The number of aliphatic carboxylic acids is 1. The van der Waals surface area contributed by atoms with Crippen LogP contribution in [0, 0.1) is 0 Å². The Kier molecular flexibility index (Phi) is 8.43. The van der Waals surface area contributed by atoms with Gasteiger partial charge in [-0.3, -0.25) is 4.79 Å². The van der Waals surface area contributed by atoms with Gasteiger partial charge < -0.3 is 10.4 Å². The Morgan fingerprint density at radius 1 is 1.27 bits per heavy atom. The minimum absolute atomic E-state index is 0.0128. The van der Waals surface area contributed by atoms with Gasteiger partial charge in [-0.2, -0.15) is 0 Å². The number of rotatable bonds is 8. The van der Waals surface area contributed by atoms with Gasteiger partial charge in [0.1, 0.15) is 0 Å². The van der Waals surface area contributed by atoms with Crippen LogP contribution in [0.1, 0.15) is 39.0 Å². The van der Waals surface area contributed by atoms with Crippen LogP contribution >= 0.6 is 0 Å². The predicted molar refractivity (Wildman–Crippen MR) is 58.5 cm³/mol. The zero-order valence-electron chi connectivity index (χ0n) is 9.16. The summed E-state index contributed by atoms with van der Waals surface area (Å²) in [6.45, 7) is 2.41. The number of hydrogen-bond acceptors (Lipinski definition) is 2. The SMILES string of the molecule is CCCCCCC(=O)NCC=CC(=O)O. The number of amides is 1. The van der Waals surface area contributed by atoms with Crippen LogP contribution < -0.4 is 5.32 Å². The van der Waals surface area contributed by atoms with E-state index < -0.39 is 5.97 Å². The number of carboxylic acids is 1. The molecule has 0 spiro atoms. The molecule has 0 aromatic heterocycles. The highest BCUT2D eigenvalue weighted by atomic mass is 16.4. The van der Waals surface area contributed by atoms with Gasteiger partial charge in [0.15, 0.2) is 0 Å². The molecule has 0 aromatic carbocycles. The molecule has 15 heavy (non-hydrogen) atoms. The fraction of sp³-hybridized carbons (Fsp3) is 0.636. The van der Waals surface area contributed by atoms with Crippen molar-refractivity contribution in [3.63, 3.8) is 0 Å². The summed E-state index contributed by atoms with van der Waals surface area (Å²) >= 11 is 0. The van der Waals surface area contributed by atoms with E-state index in [4.69, 9.17) is 5.11 Å². The molecule has 0 radical (unpaired) electrons. The second-order valence-electron chi connectivity index (χ2n) is 3.36. The second-order valence-corrected chi connectivity index (χ2v) is 3.36. The first-order valence-corrected chi connectivity index (χ1v) is 5.33. The standard InChI is InChI=1S/C11H19NO3/c1-2-3-4-5-7-10(13)12-9-6-8-11(14)15/h6,8H,2-5,7,9H2,1H3,(H,12,13)(H,14,15). The highest BCUT2D eigenvalue weighted by Crippen LogP contribution is 2.01. The van der Waals surface area contributed by atoms with Crippen LogP contribution in [0.25, 0.3) is 0 Å². The summed E-state index contributed by atoms with van der Waals surface area (Å²) in [5.74, 6) is -1.01. The monoisotopic (exact) mass is 213 g/mol. The zero-order valence-corrected chi connectivity index (χ0v) is 9.16. The van der Waals surface area contributed by atoms with Gasteiger partial charge in [0.25, 0.3) is 0 Å². The van der Waals surface area contributed by atoms with E-state index in [1.807, 2.05) is 0 Å². The Labute approximate surface area is 90.4 Å². The van der Waals surface area contributed by atoms with E-state index >= 15 is 0 Å². The predicted octanol–water partition coefficient (Wildman–Crippen LogP) is 1.71. The topological polar surface area (TPSA) is 66.4 Å². The van der Waals surface area contributed by atoms with Gasteiger partial charge >= 0.3 is 5.97 Å². The number of unbranched alkanes of at least 4 members (excludes halogenated alkanes) is 3. The van der Waals surface area contributed by atoms with E-state index in [1.165, 1.54) is 6.08 Å². The Hall–Kier alpha value is -1.32. The summed E-state index contributed by atoms with van der Waals surface area (Å²) in [6, 6.07) is 0. The molecule has 0 heterocycles. The summed E-state index contributed by atoms with van der Waals surface area (Å²) in [6.07, 6.45) is 7.27. The quantitative estimate of drug-likeness (QED) is 0.476. The molecular weight excluding hydrogens is 194 g/mol. The van der Waals surface area contributed by atoms with Crippen molar-refractivity contribution < 1.29 is 14.7 Å². The molecule has 4 heteroatoms. The zero-order chi connectivity index (χ0) is 11.5. The summed E-state index contributed by atoms with van der Waals surface area (Å²) in [7, 11) is 0. The van der Waals surface area contributed by atoms with Crippen molar-refractivity contribution in [1.29, 1.82) is 0 Å². The number of hydrogen-bond donors (Lipinski definition) is 2. The van der Waals surface area contributed by atoms with Crippen molar-refractivity contribution in [2.75, 3.05) is 6.54 Å². The van der Waals surface area contributed by atoms with Crippen molar-refractivity contribution in [2.45, 2.75) is 39.0 Å². The molecule has 0 aromatic rings. The Morgan fingerprint density at radius 2 is 2.00 bits per heavy atom. The van der Waals surface area contributed by atoms with Gasteiger partial charge in [0.05, 0.1) is 0 Å². The van der Waals surface area contributed by atoms with E-state index in [2.05, 4.69) is 12.2 Å². The van der Waals surface area contributed by atoms with Gasteiger partial charge in [-0.1, -0.05) is 32.3 Å². The van der Waals surface area contributed by atoms with Gasteiger partial charge in [0, 0.05) is 19.0 Å². The maximum atomic E-state index is 11.2. The molecule has 0 rings (SSSR count). The molecule has 0 bridgehead atoms. The molecule has 0 fully saturated rings. The summed E-state index contributed by atoms with van der Waals surface area (Å²) < 4.78 is 0. The molecule has 1 amide bonds. The van der Waals surface area contributed by atoms with E-state index in [0.29, 0.717) is 13.0 Å². The number of carbonyl (C=O) groups is 2. The summed E-state index contributed by atoms with van der Waals surface area (Å²) in [5, 5.41) is 10.9. The smallest absolute Gasteiger partial charge is 0.328 e. The van der Waals surface area contributed by atoms with Gasteiger partial charge in [0.2, 0.25) is 5.91 Å². The average Bonchev–Trinajstić information content (AvgIpc) is 2.19. The fourth-order valence-electron chi connectivity index (χ4n) is 1.13. The lowest BCUT2D eigenvalue weighted by molar-refractivity contribution is -0.131. The van der Waals surface area contributed by atoms with Crippen LogP contribution in [-0.2, 0) is 9.59 Å². The Balaban J connectivity index is 3.37. The maximum Gasteiger partial charge on any atom is 0.328 e. The first kappa shape index (κ1) is 13.7. The fourth-order valence-corrected chi connectivity index (χ4v) is 1.13. The van der Waals surface area contributed by atoms with Gasteiger partial charge in [-0.15, -0.1) is 0 Å². The molecule has 0 aliphatic rings. The molecule has 0 unspecified atom stereocenters. The molecule has 0 saturated carbocycles.